The van der Waals surface area contributed by atoms with Crippen molar-refractivity contribution in [3.63, 3.8) is 0 Å². The van der Waals surface area contributed by atoms with Crippen LogP contribution in [0.1, 0.15) is 78.2 Å². The number of cyclic esters (lactones) is 1. The zero-order chi connectivity index (χ0) is 28.4. The topological polar surface area (TPSA) is 37.7 Å². The van der Waals surface area contributed by atoms with Crippen LogP contribution < -0.4 is 9.80 Å². The molecular weight excluding hydrogens is 494 g/mol. The summed E-state index contributed by atoms with van der Waals surface area (Å²) in [7, 11) is 8.22. The molecule has 40 heavy (non-hydrogen) atoms. The number of anilines is 2. The van der Waals surface area contributed by atoms with E-state index in [0.29, 0.717) is 5.56 Å². The fourth-order valence-corrected chi connectivity index (χ4v) is 6.42. The zero-order valence-corrected chi connectivity index (χ0v) is 25.0. The van der Waals surface area contributed by atoms with Crippen molar-refractivity contribution in [3.05, 3.63) is 94.7 Å². The second kappa shape index (κ2) is 11.4. The number of carbonyl (C=O) groups is 1. The van der Waals surface area contributed by atoms with E-state index in [1.807, 2.05) is 18.2 Å². The van der Waals surface area contributed by atoms with E-state index in [9.17, 15) is 4.79 Å². The zero-order valence-electron chi connectivity index (χ0n) is 25.0. The Hall–Kier alpha value is -3.73. The third-order valence-electron chi connectivity index (χ3n) is 8.45. The predicted octanol–water partition coefficient (Wildman–Crippen LogP) is 7.90. The molecular formula is C35H43N3O2. The van der Waals surface area contributed by atoms with Crippen LogP contribution in [-0.4, -0.2) is 38.7 Å². The molecule has 0 bridgehead atoms. The third kappa shape index (κ3) is 4.66. The molecule has 210 valence electrons. The van der Waals surface area contributed by atoms with E-state index >= 15 is 0 Å². The smallest absolute Gasteiger partial charge is 0.340 e. The van der Waals surface area contributed by atoms with Crippen LogP contribution in [0, 0.1) is 6.92 Å². The highest BCUT2D eigenvalue weighted by Gasteiger charge is 2.52. The standard InChI is InChI=1S/C35H43N3O2/c1-7-8-9-10-11-16-23-38-25(2)33(28-18-13-15-20-31(28)38)35(29-19-14-12-17-27(29)34(39)40-35)30-22-21-26(36(3)4)24-32(30)37(5)6/h12-15,17-22,24H,7-11,16,23H2,1-6H3. The van der Waals surface area contributed by atoms with E-state index in [2.05, 4.69) is 105 Å². The van der Waals surface area contributed by atoms with Gasteiger partial charge in [0.25, 0.3) is 0 Å². The molecule has 4 aromatic rings. The highest BCUT2D eigenvalue weighted by Crippen LogP contribution is 2.53. The molecule has 1 atom stereocenters. The maximum Gasteiger partial charge on any atom is 0.340 e. The van der Waals surface area contributed by atoms with E-state index < -0.39 is 5.60 Å². The van der Waals surface area contributed by atoms with Gasteiger partial charge in [-0.05, 0) is 37.6 Å². The molecule has 0 saturated heterocycles. The van der Waals surface area contributed by atoms with Crippen molar-refractivity contribution in [2.75, 3.05) is 38.0 Å². The minimum absolute atomic E-state index is 0.274. The molecule has 0 amide bonds. The minimum Gasteiger partial charge on any atom is -0.440 e. The highest BCUT2D eigenvalue weighted by atomic mass is 16.6. The summed E-state index contributed by atoms with van der Waals surface area (Å²) in [4.78, 5) is 17.8. The molecule has 2 heterocycles. The van der Waals surface area contributed by atoms with Crippen LogP contribution in [-0.2, 0) is 16.9 Å². The van der Waals surface area contributed by atoms with E-state index in [4.69, 9.17) is 4.74 Å². The molecule has 0 fully saturated rings. The lowest BCUT2D eigenvalue weighted by atomic mass is 9.77. The lowest BCUT2D eigenvalue weighted by Gasteiger charge is -2.34. The number of aromatic nitrogens is 1. The molecule has 1 unspecified atom stereocenters. The summed E-state index contributed by atoms with van der Waals surface area (Å²) in [5, 5.41) is 1.14. The third-order valence-corrected chi connectivity index (χ3v) is 8.45. The molecule has 3 aromatic carbocycles. The molecule has 0 radical (unpaired) electrons. The number of rotatable bonds is 11. The lowest BCUT2D eigenvalue weighted by molar-refractivity contribution is 0.0255. The van der Waals surface area contributed by atoms with Crippen LogP contribution in [0.3, 0.4) is 0 Å². The Morgan fingerprint density at radius 1 is 0.800 bits per heavy atom. The average Bonchev–Trinajstić information content (AvgIpc) is 3.41. The second-order valence-corrected chi connectivity index (χ2v) is 11.5. The number of carbonyl (C=O) groups excluding carboxylic acids is 1. The number of benzene rings is 3. The molecule has 0 aliphatic carbocycles. The first-order valence-corrected chi connectivity index (χ1v) is 14.7. The number of fused-ring (bicyclic) bond motifs is 2. The number of hydrogen-bond acceptors (Lipinski definition) is 4. The Balaban J connectivity index is 1.75. The highest BCUT2D eigenvalue weighted by molar-refractivity contribution is 5.99. The van der Waals surface area contributed by atoms with Crippen molar-refractivity contribution in [3.8, 4) is 0 Å². The van der Waals surface area contributed by atoms with Crippen LogP contribution >= 0.6 is 0 Å². The molecule has 1 aromatic heterocycles. The lowest BCUT2D eigenvalue weighted by Crippen LogP contribution is -2.32. The number of hydrogen-bond donors (Lipinski definition) is 0. The molecule has 5 nitrogen and oxygen atoms in total. The summed E-state index contributed by atoms with van der Waals surface area (Å²) < 4.78 is 9.11. The monoisotopic (exact) mass is 537 g/mol. The second-order valence-electron chi connectivity index (χ2n) is 11.5. The van der Waals surface area contributed by atoms with Gasteiger partial charge in [-0.1, -0.05) is 81.5 Å². The fraction of sp³-hybridized carbons (Fsp3) is 0.400. The van der Waals surface area contributed by atoms with Crippen LogP contribution in [0.25, 0.3) is 10.9 Å². The summed E-state index contributed by atoms with van der Waals surface area (Å²) >= 11 is 0. The molecule has 0 saturated carbocycles. The molecule has 5 heteroatoms. The van der Waals surface area contributed by atoms with Gasteiger partial charge in [0.05, 0.1) is 5.56 Å². The van der Waals surface area contributed by atoms with E-state index in [1.54, 1.807) is 0 Å². The number of para-hydroxylation sites is 1. The van der Waals surface area contributed by atoms with Gasteiger partial charge >= 0.3 is 5.97 Å². The van der Waals surface area contributed by atoms with Crippen molar-refractivity contribution in [2.24, 2.45) is 0 Å². The van der Waals surface area contributed by atoms with Crippen molar-refractivity contribution >= 4 is 28.2 Å². The van der Waals surface area contributed by atoms with Crippen LogP contribution in [0.15, 0.2) is 66.7 Å². The van der Waals surface area contributed by atoms with E-state index in [1.165, 1.54) is 37.6 Å². The van der Waals surface area contributed by atoms with Gasteiger partial charge in [-0.3, -0.25) is 0 Å². The summed E-state index contributed by atoms with van der Waals surface area (Å²) in [5.74, 6) is -0.274. The first kappa shape index (κ1) is 27.8. The maximum atomic E-state index is 13.6. The minimum atomic E-state index is -1.06. The Labute approximate surface area is 239 Å². The van der Waals surface area contributed by atoms with Gasteiger partial charge in [-0.2, -0.15) is 0 Å². The number of aryl methyl sites for hydroxylation is 1. The van der Waals surface area contributed by atoms with Gasteiger partial charge in [-0.15, -0.1) is 0 Å². The van der Waals surface area contributed by atoms with Crippen LogP contribution in [0.2, 0.25) is 0 Å². The Morgan fingerprint density at radius 3 is 2.25 bits per heavy atom. The molecule has 0 N–H and O–H groups in total. The van der Waals surface area contributed by atoms with Crippen molar-refractivity contribution in [2.45, 2.75) is 64.5 Å². The number of unbranched alkanes of at least 4 members (excludes halogenated alkanes) is 5. The quantitative estimate of drug-likeness (QED) is 0.144. The average molecular weight is 538 g/mol. The van der Waals surface area contributed by atoms with E-state index in [0.717, 1.165) is 52.1 Å². The van der Waals surface area contributed by atoms with Crippen LogP contribution in [0.4, 0.5) is 11.4 Å². The van der Waals surface area contributed by atoms with Crippen molar-refractivity contribution in [1.29, 1.82) is 0 Å². The Kier molecular flexibility index (Phi) is 7.93. The summed E-state index contributed by atoms with van der Waals surface area (Å²) in [5.41, 5.74) is 7.00. The van der Waals surface area contributed by atoms with Crippen molar-refractivity contribution in [1.82, 2.24) is 4.57 Å². The summed E-state index contributed by atoms with van der Waals surface area (Å²) in [6.45, 7) is 5.41. The molecule has 1 aliphatic rings. The van der Waals surface area contributed by atoms with Gasteiger partial charge in [0.15, 0.2) is 5.60 Å². The van der Waals surface area contributed by atoms with Gasteiger partial charge in [0, 0.05) is 79.4 Å². The SMILES string of the molecule is CCCCCCCCn1c(C)c(C2(c3ccc(N(C)C)cc3N(C)C)OC(=O)c3ccccc32)c2ccccc21. The van der Waals surface area contributed by atoms with Crippen LogP contribution in [0.5, 0.6) is 0 Å². The van der Waals surface area contributed by atoms with Gasteiger partial charge in [0.1, 0.15) is 0 Å². The molecule has 5 rings (SSSR count). The van der Waals surface area contributed by atoms with E-state index in [-0.39, 0.29) is 5.97 Å². The fourth-order valence-electron chi connectivity index (χ4n) is 6.42. The van der Waals surface area contributed by atoms with Gasteiger partial charge in [-0.25, -0.2) is 4.79 Å². The normalized spacial score (nSPS) is 16.3. The molecule has 1 aliphatic heterocycles. The number of ether oxygens (including phenoxy) is 1. The Bertz CT molecular complexity index is 1520. The largest absolute Gasteiger partial charge is 0.440 e. The summed E-state index contributed by atoms with van der Waals surface area (Å²) in [6, 6.07) is 23.0. The molecule has 0 spiro atoms. The maximum absolute atomic E-state index is 13.6. The van der Waals surface area contributed by atoms with Gasteiger partial charge < -0.3 is 19.1 Å². The number of esters is 1. The first-order valence-electron chi connectivity index (χ1n) is 14.7. The van der Waals surface area contributed by atoms with Crippen molar-refractivity contribution < 1.29 is 9.53 Å². The first-order chi connectivity index (χ1) is 19.3. The van der Waals surface area contributed by atoms with Gasteiger partial charge in [0.2, 0.25) is 0 Å². The summed E-state index contributed by atoms with van der Waals surface area (Å²) in [6.07, 6.45) is 7.51. The Morgan fingerprint density at radius 2 is 1.50 bits per heavy atom. The predicted molar refractivity (Wildman–Crippen MR) is 167 cm³/mol. The number of nitrogens with zero attached hydrogens (tertiary/aromatic N) is 3.